The Morgan fingerprint density at radius 1 is 1.42 bits per heavy atom. The number of piperidine rings is 1. The summed E-state index contributed by atoms with van der Waals surface area (Å²) in [6.07, 6.45) is 5.39. The highest BCUT2D eigenvalue weighted by Gasteiger charge is 2.34. The summed E-state index contributed by atoms with van der Waals surface area (Å²) < 4.78 is 11.2. The van der Waals surface area contributed by atoms with Crippen LogP contribution in [0.3, 0.4) is 0 Å². The quantitative estimate of drug-likeness (QED) is 0.858. The third-order valence-corrected chi connectivity index (χ3v) is 3.74. The third kappa shape index (κ3) is 3.34. The molecule has 2 unspecified atom stereocenters. The molecule has 2 heterocycles. The zero-order chi connectivity index (χ0) is 13.7. The zero-order valence-electron chi connectivity index (χ0n) is 12.2. The second-order valence-electron chi connectivity index (χ2n) is 5.41. The van der Waals surface area contributed by atoms with Gasteiger partial charge in [0, 0.05) is 6.61 Å². The van der Waals surface area contributed by atoms with Crippen LogP contribution in [-0.4, -0.2) is 23.3 Å². The van der Waals surface area contributed by atoms with E-state index in [0.717, 1.165) is 25.8 Å². The van der Waals surface area contributed by atoms with Crippen LogP contribution in [0, 0.1) is 0 Å². The number of hydrogen-bond acceptors (Lipinski definition) is 5. The average Bonchev–Trinajstić information content (AvgIpc) is 2.90. The summed E-state index contributed by atoms with van der Waals surface area (Å²) in [5, 5.41) is 7.61. The van der Waals surface area contributed by atoms with E-state index in [1.807, 2.05) is 6.92 Å². The first-order chi connectivity index (χ1) is 9.19. The van der Waals surface area contributed by atoms with E-state index in [4.69, 9.17) is 9.26 Å². The number of aromatic nitrogens is 2. The molecule has 0 aliphatic carbocycles. The molecule has 0 radical (unpaired) electrons. The van der Waals surface area contributed by atoms with Crippen molar-refractivity contribution in [1.82, 2.24) is 15.5 Å². The number of hydrogen-bond donors (Lipinski definition) is 1. The Kier molecular flexibility index (Phi) is 4.93. The molecule has 0 spiro atoms. The van der Waals surface area contributed by atoms with Crippen LogP contribution in [-0.2, 0) is 10.3 Å². The van der Waals surface area contributed by atoms with Gasteiger partial charge in [0.05, 0.1) is 5.54 Å². The molecule has 0 saturated carbocycles. The Labute approximate surface area is 115 Å². The van der Waals surface area contributed by atoms with Crippen LogP contribution in [0.1, 0.15) is 70.7 Å². The van der Waals surface area contributed by atoms with Gasteiger partial charge in [0.2, 0.25) is 11.7 Å². The zero-order valence-corrected chi connectivity index (χ0v) is 12.2. The lowest BCUT2D eigenvalue weighted by Crippen LogP contribution is -2.43. The molecule has 108 valence electrons. The third-order valence-electron chi connectivity index (χ3n) is 3.74. The van der Waals surface area contributed by atoms with Gasteiger partial charge >= 0.3 is 0 Å². The molecule has 0 bridgehead atoms. The Bertz CT molecular complexity index is 380. The molecule has 5 heteroatoms. The van der Waals surface area contributed by atoms with E-state index in [1.54, 1.807) is 0 Å². The van der Waals surface area contributed by atoms with Gasteiger partial charge in [-0.05, 0) is 46.1 Å². The minimum absolute atomic E-state index is 0.0420. The summed E-state index contributed by atoms with van der Waals surface area (Å²) in [6.45, 7) is 7.95. The lowest BCUT2D eigenvalue weighted by molar-refractivity contribution is 0.0477. The van der Waals surface area contributed by atoms with Crippen molar-refractivity contribution >= 4 is 0 Å². The van der Waals surface area contributed by atoms with Crippen molar-refractivity contribution in [2.75, 3.05) is 13.2 Å². The van der Waals surface area contributed by atoms with E-state index in [1.165, 1.54) is 12.8 Å². The normalized spacial score (nSPS) is 25.4. The molecule has 1 fully saturated rings. The minimum Gasteiger partial charge on any atom is -0.370 e. The molecule has 1 aliphatic heterocycles. The van der Waals surface area contributed by atoms with Crippen LogP contribution < -0.4 is 5.32 Å². The molecule has 0 amide bonds. The van der Waals surface area contributed by atoms with Gasteiger partial charge in [-0.1, -0.05) is 18.5 Å². The maximum absolute atomic E-state index is 5.70. The van der Waals surface area contributed by atoms with Gasteiger partial charge in [-0.2, -0.15) is 4.98 Å². The highest BCUT2D eigenvalue weighted by Crippen LogP contribution is 2.30. The number of rotatable bonds is 6. The van der Waals surface area contributed by atoms with E-state index >= 15 is 0 Å². The van der Waals surface area contributed by atoms with Crippen molar-refractivity contribution in [1.29, 1.82) is 0 Å². The van der Waals surface area contributed by atoms with Gasteiger partial charge < -0.3 is 14.6 Å². The molecule has 19 heavy (non-hydrogen) atoms. The van der Waals surface area contributed by atoms with Gasteiger partial charge in [-0.15, -0.1) is 0 Å². The lowest BCUT2D eigenvalue weighted by Gasteiger charge is -2.31. The molecule has 1 aromatic heterocycles. The molecule has 1 aromatic rings. The summed E-state index contributed by atoms with van der Waals surface area (Å²) in [4.78, 5) is 4.58. The van der Waals surface area contributed by atoms with Gasteiger partial charge in [-0.3, -0.25) is 0 Å². The van der Waals surface area contributed by atoms with E-state index in [9.17, 15) is 0 Å². The van der Waals surface area contributed by atoms with Crippen LogP contribution in [0.15, 0.2) is 4.52 Å². The van der Waals surface area contributed by atoms with Gasteiger partial charge in [0.25, 0.3) is 0 Å². The largest absolute Gasteiger partial charge is 0.370 e. The standard InChI is InChI=1S/C14H25N3O2/c1-4-8-11(18-5-2)12-16-13(19-17-12)14(3)9-6-7-10-15-14/h11,15H,4-10H2,1-3H3. The molecule has 0 aromatic carbocycles. The average molecular weight is 267 g/mol. The first-order valence-corrected chi connectivity index (χ1v) is 7.40. The van der Waals surface area contributed by atoms with Crippen molar-refractivity contribution in [3.63, 3.8) is 0 Å². The van der Waals surface area contributed by atoms with Gasteiger partial charge in [0.15, 0.2) is 0 Å². The summed E-state index contributed by atoms with van der Waals surface area (Å²) in [5.74, 6) is 1.38. The van der Waals surface area contributed by atoms with Crippen LogP contribution in [0.2, 0.25) is 0 Å². The van der Waals surface area contributed by atoms with E-state index in [0.29, 0.717) is 18.3 Å². The first-order valence-electron chi connectivity index (χ1n) is 7.40. The fourth-order valence-electron chi connectivity index (χ4n) is 2.58. The minimum atomic E-state index is -0.174. The Hall–Kier alpha value is -0.940. The summed E-state index contributed by atoms with van der Waals surface area (Å²) in [5.41, 5.74) is -0.174. The van der Waals surface area contributed by atoms with E-state index in [-0.39, 0.29) is 11.6 Å². The number of nitrogens with one attached hydrogen (secondary N) is 1. The first kappa shape index (κ1) is 14.5. The molecule has 2 atom stereocenters. The topological polar surface area (TPSA) is 60.2 Å². The monoisotopic (exact) mass is 267 g/mol. The molecular weight excluding hydrogens is 242 g/mol. The van der Waals surface area contributed by atoms with E-state index < -0.39 is 0 Å². The van der Waals surface area contributed by atoms with Crippen LogP contribution >= 0.6 is 0 Å². The van der Waals surface area contributed by atoms with Crippen LogP contribution in [0.4, 0.5) is 0 Å². The SMILES string of the molecule is CCCC(OCC)c1noc(C2(C)CCCCN2)n1. The molecular formula is C14H25N3O2. The summed E-state index contributed by atoms with van der Waals surface area (Å²) >= 11 is 0. The fraction of sp³-hybridized carbons (Fsp3) is 0.857. The predicted octanol–water partition coefficient (Wildman–Crippen LogP) is 2.94. The van der Waals surface area contributed by atoms with E-state index in [2.05, 4.69) is 29.3 Å². The number of ether oxygens (including phenoxy) is 1. The second-order valence-corrected chi connectivity index (χ2v) is 5.41. The maximum atomic E-state index is 5.70. The van der Waals surface area contributed by atoms with Crippen molar-refractivity contribution in [2.45, 2.75) is 64.5 Å². The van der Waals surface area contributed by atoms with Crippen LogP contribution in [0.5, 0.6) is 0 Å². The van der Waals surface area contributed by atoms with Crippen molar-refractivity contribution in [3.8, 4) is 0 Å². The van der Waals surface area contributed by atoms with Crippen LogP contribution in [0.25, 0.3) is 0 Å². The van der Waals surface area contributed by atoms with Crippen molar-refractivity contribution in [3.05, 3.63) is 11.7 Å². The Morgan fingerprint density at radius 3 is 2.89 bits per heavy atom. The smallest absolute Gasteiger partial charge is 0.246 e. The molecule has 1 aliphatic rings. The Balaban J connectivity index is 2.12. The second kappa shape index (κ2) is 6.48. The molecule has 5 nitrogen and oxygen atoms in total. The van der Waals surface area contributed by atoms with Gasteiger partial charge in [0.1, 0.15) is 6.10 Å². The lowest BCUT2D eigenvalue weighted by atomic mass is 9.91. The fourth-order valence-corrected chi connectivity index (χ4v) is 2.58. The highest BCUT2D eigenvalue weighted by atomic mass is 16.5. The highest BCUT2D eigenvalue weighted by molar-refractivity contribution is 5.04. The molecule has 1 N–H and O–H groups in total. The van der Waals surface area contributed by atoms with Crippen molar-refractivity contribution in [2.24, 2.45) is 0 Å². The predicted molar refractivity (Wildman–Crippen MR) is 72.8 cm³/mol. The number of nitrogens with zero attached hydrogens (tertiary/aromatic N) is 2. The maximum Gasteiger partial charge on any atom is 0.246 e. The summed E-state index contributed by atoms with van der Waals surface area (Å²) in [6, 6.07) is 0. The molecule has 1 saturated heterocycles. The van der Waals surface area contributed by atoms with Crippen molar-refractivity contribution < 1.29 is 9.26 Å². The van der Waals surface area contributed by atoms with Gasteiger partial charge in [-0.25, -0.2) is 0 Å². The molecule has 2 rings (SSSR count). The Morgan fingerprint density at radius 2 is 2.26 bits per heavy atom. The summed E-state index contributed by atoms with van der Waals surface area (Å²) in [7, 11) is 0.